The number of ether oxygens (including phenoxy) is 1. The summed E-state index contributed by atoms with van der Waals surface area (Å²) in [5.41, 5.74) is 3.64. The summed E-state index contributed by atoms with van der Waals surface area (Å²) in [6.45, 7) is 10.0. The summed E-state index contributed by atoms with van der Waals surface area (Å²) < 4.78 is 6.22. The van der Waals surface area contributed by atoms with Crippen molar-refractivity contribution in [2.24, 2.45) is 5.41 Å². The molecule has 0 aliphatic carbocycles. The molecule has 6 rings (SSSR count). The van der Waals surface area contributed by atoms with Crippen LogP contribution in [-0.2, 0) is 4.79 Å². The molecule has 0 saturated carbocycles. The number of nitrogens with zero attached hydrogens (tertiary/aromatic N) is 7. The Labute approximate surface area is 221 Å². The van der Waals surface area contributed by atoms with E-state index in [1.165, 1.54) is 6.08 Å². The number of benzene rings is 1. The number of aryl methyl sites for hydroxylation is 1. The van der Waals surface area contributed by atoms with Crippen molar-refractivity contribution in [2.45, 2.75) is 32.2 Å². The Kier molecular flexibility index (Phi) is 6.03. The largest absolute Gasteiger partial charge is 0.462 e. The zero-order valence-corrected chi connectivity index (χ0v) is 21.9. The first kappa shape index (κ1) is 24.4. The van der Waals surface area contributed by atoms with E-state index in [2.05, 4.69) is 39.7 Å². The summed E-state index contributed by atoms with van der Waals surface area (Å²) in [5.74, 6) is 0.556. The van der Waals surface area contributed by atoms with Gasteiger partial charge in [-0.3, -0.25) is 9.89 Å². The Balaban J connectivity index is 1.39. The third-order valence-corrected chi connectivity index (χ3v) is 8.40. The quantitative estimate of drug-likeness (QED) is 0.502. The van der Waals surface area contributed by atoms with Gasteiger partial charge in [0.15, 0.2) is 5.82 Å². The molecule has 3 aliphatic heterocycles. The van der Waals surface area contributed by atoms with Gasteiger partial charge in [-0.05, 0) is 51.4 Å². The van der Waals surface area contributed by atoms with Gasteiger partial charge in [0.05, 0.1) is 17.4 Å². The van der Waals surface area contributed by atoms with Gasteiger partial charge in [0.25, 0.3) is 0 Å². The molecule has 10 nitrogen and oxygen atoms in total. The van der Waals surface area contributed by atoms with Gasteiger partial charge in [0.1, 0.15) is 18.2 Å². The second kappa shape index (κ2) is 9.40. The number of likely N-dealkylation sites (tertiary alicyclic amines) is 2. The number of nitriles is 1. The van der Waals surface area contributed by atoms with Gasteiger partial charge in [-0.15, -0.1) is 0 Å². The monoisotopic (exact) mass is 512 g/mol. The first-order chi connectivity index (χ1) is 18.4. The Bertz CT molecular complexity index is 1450. The van der Waals surface area contributed by atoms with Crippen molar-refractivity contribution in [1.82, 2.24) is 30.0 Å². The highest BCUT2D eigenvalue weighted by molar-refractivity contribution is 5.96. The molecule has 3 aliphatic rings. The number of H-pyrrole nitrogens is 1. The number of carbonyl (C=O) groups is 1. The lowest BCUT2D eigenvalue weighted by molar-refractivity contribution is -0.136. The summed E-state index contributed by atoms with van der Waals surface area (Å²) in [7, 11) is 2.11. The van der Waals surface area contributed by atoms with Crippen molar-refractivity contribution in [3.8, 4) is 23.3 Å². The first-order valence-corrected chi connectivity index (χ1v) is 13.2. The number of aromatic amines is 1. The lowest BCUT2D eigenvalue weighted by Gasteiger charge is -2.47. The van der Waals surface area contributed by atoms with Crippen molar-refractivity contribution in [3.63, 3.8) is 0 Å². The Morgan fingerprint density at radius 1 is 1.32 bits per heavy atom. The van der Waals surface area contributed by atoms with Gasteiger partial charge in [0, 0.05) is 48.6 Å². The molecular formula is C28H32N8O2. The van der Waals surface area contributed by atoms with Crippen LogP contribution in [-0.4, -0.2) is 88.3 Å². The predicted molar refractivity (Wildman–Crippen MR) is 144 cm³/mol. The van der Waals surface area contributed by atoms with Crippen molar-refractivity contribution >= 4 is 22.6 Å². The number of rotatable bonds is 6. The number of hydrogen-bond donors (Lipinski definition) is 1. The van der Waals surface area contributed by atoms with Crippen LogP contribution in [0.15, 0.2) is 31.0 Å². The molecule has 1 aromatic carbocycles. The average Bonchev–Trinajstić information content (AvgIpc) is 3.65. The molecular weight excluding hydrogens is 480 g/mol. The summed E-state index contributed by atoms with van der Waals surface area (Å²) in [6.07, 6.45) is 6.30. The van der Waals surface area contributed by atoms with Gasteiger partial charge in [0.2, 0.25) is 5.91 Å². The number of nitrogens with one attached hydrogen (secondary N) is 1. The number of fused-ring (bicyclic) bond motifs is 1. The molecule has 3 saturated heterocycles. The van der Waals surface area contributed by atoms with Crippen molar-refractivity contribution in [2.75, 3.05) is 51.3 Å². The van der Waals surface area contributed by atoms with Crippen LogP contribution in [0.1, 0.15) is 30.4 Å². The summed E-state index contributed by atoms with van der Waals surface area (Å²) in [6, 6.07) is 7.04. The van der Waals surface area contributed by atoms with Gasteiger partial charge in [-0.1, -0.05) is 18.7 Å². The van der Waals surface area contributed by atoms with E-state index in [9.17, 15) is 10.1 Å². The second-order valence-corrected chi connectivity index (χ2v) is 10.9. The molecule has 2 aromatic heterocycles. The topological polar surface area (TPSA) is 114 Å². The molecule has 0 unspecified atom stereocenters. The normalized spacial score (nSPS) is 20.6. The third kappa shape index (κ3) is 4.07. The van der Waals surface area contributed by atoms with Gasteiger partial charge in [-0.2, -0.15) is 20.3 Å². The SMILES string of the molecule is C=CC(=O)N1CC2(CCN(c3nc(OC[C@@H]4CCCN4C)nc(-c4c(C)ccc5cn[nH]c45)c3C#N)C2)C1. The minimum absolute atomic E-state index is 0.00337. The number of amides is 1. The fourth-order valence-corrected chi connectivity index (χ4v) is 6.21. The maximum atomic E-state index is 12.1. The van der Waals surface area contributed by atoms with E-state index in [1.807, 2.05) is 24.0 Å². The second-order valence-electron chi connectivity index (χ2n) is 10.9. The van der Waals surface area contributed by atoms with Gasteiger partial charge in [-0.25, -0.2) is 0 Å². The highest BCUT2D eigenvalue weighted by Crippen LogP contribution is 2.43. The third-order valence-electron chi connectivity index (χ3n) is 8.40. The Morgan fingerprint density at radius 3 is 2.89 bits per heavy atom. The van der Waals surface area contributed by atoms with Crippen LogP contribution in [0, 0.1) is 23.7 Å². The standard InChI is InChI=1S/C28H32N8O2/c1-4-22(37)36-16-28(17-36)9-11-35(15-28)26-21(12-29)25(23-18(2)7-8-19-13-30-33-24(19)23)31-27(32-26)38-14-20-6-5-10-34(20)3/h4,7-8,13,20H,1,5-6,9-11,14-17H2,2-3H3,(H,30,33)/t20-/m0/s1. The molecule has 3 fully saturated rings. The molecule has 5 heterocycles. The van der Waals surface area contributed by atoms with E-state index >= 15 is 0 Å². The van der Waals surface area contributed by atoms with Crippen LogP contribution in [0.25, 0.3) is 22.2 Å². The van der Waals surface area contributed by atoms with Crippen LogP contribution in [0.3, 0.4) is 0 Å². The fourth-order valence-electron chi connectivity index (χ4n) is 6.21. The van der Waals surface area contributed by atoms with Crippen molar-refractivity contribution in [3.05, 3.63) is 42.1 Å². The molecule has 1 N–H and O–H groups in total. The molecule has 0 bridgehead atoms. The molecule has 1 spiro atoms. The number of anilines is 1. The Morgan fingerprint density at radius 2 is 2.16 bits per heavy atom. The van der Waals surface area contributed by atoms with Crippen LogP contribution in [0.2, 0.25) is 0 Å². The van der Waals surface area contributed by atoms with E-state index in [-0.39, 0.29) is 17.3 Å². The van der Waals surface area contributed by atoms with Gasteiger partial charge >= 0.3 is 6.01 Å². The molecule has 10 heteroatoms. The lowest BCUT2D eigenvalue weighted by atomic mass is 9.79. The summed E-state index contributed by atoms with van der Waals surface area (Å²) in [5, 5.41) is 18.7. The van der Waals surface area contributed by atoms with E-state index in [0.29, 0.717) is 42.8 Å². The average molecular weight is 513 g/mol. The molecule has 0 radical (unpaired) electrons. The molecule has 196 valence electrons. The van der Waals surface area contributed by atoms with Crippen LogP contribution < -0.4 is 9.64 Å². The molecule has 1 atom stereocenters. The maximum Gasteiger partial charge on any atom is 0.319 e. The van der Waals surface area contributed by atoms with Crippen LogP contribution in [0.4, 0.5) is 5.82 Å². The smallest absolute Gasteiger partial charge is 0.319 e. The van der Waals surface area contributed by atoms with Crippen LogP contribution in [0.5, 0.6) is 6.01 Å². The van der Waals surface area contributed by atoms with E-state index < -0.39 is 0 Å². The van der Waals surface area contributed by atoms with Gasteiger partial charge < -0.3 is 19.4 Å². The predicted octanol–water partition coefficient (Wildman–Crippen LogP) is 2.90. The van der Waals surface area contributed by atoms with E-state index in [0.717, 1.165) is 60.9 Å². The minimum atomic E-state index is -0.0354. The molecule has 38 heavy (non-hydrogen) atoms. The van der Waals surface area contributed by atoms with Crippen molar-refractivity contribution < 1.29 is 9.53 Å². The lowest BCUT2D eigenvalue weighted by Crippen LogP contribution is -2.59. The molecule has 3 aromatic rings. The molecule has 1 amide bonds. The summed E-state index contributed by atoms with van der Waals surface area (Å²) >= 11 is 0. The fraction of sp³-hybridized carbons (Fsp3) is 0.464. The van der Waals surface area contributed by atoms with Crippen LogP contribution >= 0.6 is 0 Å². The number of hydrogen-bond acceptors (Lipinski definition) is 8. The Hall–Kier alpha value is -3.97. The maximum absolute atomic E-state index is 12.1. The summed E-state index contributed by atoms with van der Waals surface area (Å²) in [4.78, 5) is 28.0. The van der Waals surface area contributed by atoms with Crippen molar-refractivity contribution in [1.29, 1.82) is 5.26 Å². The number of aromatic nitrogens is 4. The zero-order chi connectivity index (χ0) is 26.4. The van der Waals surface area contributed by atoms with E-state index in [1.54, 1.807) is 6.20 Å². The zero-order valence-electron chi connectivity index (χ0n) is 21.9. The minimum Gasteiger partial charge on any atom is -0.462 e. The number of likely N-dealkylation sites (N-methyl/N-ethyl adjacent to an activating group) is 1. The van der Waals surface area contributed by atoms with E-state index in [4.69, 9.17) is 14.7 Å². The highest BCUT2D eigenvalue weighted by atomic mass is 16.5. The highest BCUT2D eigenvalue weighted by Gasteiger charge is 2.49. The number of carbonyl (C=O) groups excluding carboxylic acids is 1. The first-order valence-electron chi connectivity index (χ1n) is 13.2.